The summed E-state index contributed by atoms with van der Waals surface area (Å²) in [6, 6.07) is 10.7. The molecule has 2 aliphatic heterocycles. The van der Waals surface area contributed by atoms with E-state index in [1.165, 1.54) is 18.2 Å². The second-order valence-corrected chi connectivity index (χ2v) is 8.26. The molecule has 1 saturated heterocycles. The summed E-state index contributed by atoms with van der Waals surface area (Å²) >= 11 is 0. The molecule has 168 valence electrons. The van der Waals surface area contributed by atoms with Crippen LogP contribution in [0.25, 0.3) is 0 Å². The van der Waals surface area contributed by atoms with Crippen molar-refractivity contribution in [2.45, 2.75) is 36.8 Å². The summed E-state index contributed by atoms with van der Waals surface area (Å²) in [5.74, 6) is -6.63. The Bertz CT molecular complexity index is 1070. The topological polar surface area (TPSA) is 94.1 Å². The molecule has 2 aromatic carbocycles. The first-order valence-electron chi connectivity index (χ1n) is 10.4. The Labute approximate surface area is 182 Å². The van der Waals surface area contributed by atoms with E-state index < -0.39 is 35.7 Å². The van der Waals surface area contributed by atoms with Gasteiger partial charge in [0.15, 0.2) is 11.5 Å². The number of hydrogen-bond acceptors (Lipinski definition) is 5. The third-order valence-corrected chi connectivity index (χ3v) is 6.23. The minimum Gasteiger partial charge on any atom is -0.478 e. The van der Waals surface area contributed by atoms with E-state index in [9.17, 15) is 23.5 Å². The normalized spacial score (nSPS) is 27.6. The quantitative estimate of drug-likeness (QED) is 0.732. The van der Waals surface area contributed by atoms with E-state index in [1.54, 1.807) is 24.3 Å². The van der Waals surface area contributed by atoms with Crippen LogP contribution in [-0.2, 0) is 9.53 Å². The molecular formula is C23H21F2NO6. The van der Waals surface area contributed by atoms with Gasteiger partial charge in [0, 0.05) is 12.6 Å². The SMILES string of the molecule is O=C(O)c1cccc(C2CC(NC(=O)C3C(c4ccc5c(c4)OCO5)C3(F)F)CCO2)c1. The highest BCUT2D eigenvalue weighted by Gasteiger charge is 2.72. The van der Waals surface area contributed by atoms with Crippen molar-refractivity contribution < 1.29 is 37.7 Å². The average molecular weight is 445 g/mol. The van der Waals surface area contributed by atoms with E-state index in [2.05, 4.69) is 5.32 Å². The second-order valence-electron chi connectivity index (χ2n) is 8.26. The predicted octanol–water partition coefficient (Wildman–Crippen LogP) is 3.50. The van der Waals surface area contributed by atoms with E-state index in [1.807, 2.05) is 0 Å². The number of benzene rings is 2. The first-order chi connectivity index (χ1) is 15.3. The summed E-state index contributed by atoms with van der Waals surface area (Å²) < 4.78 is 45.3. The van der Waals surface area contributed by atoms with Crippen LogP contribution in [0.2, 0.25) is 0 Å². The number of nitrogens with one attached hydrogen (secondary N) is 1. The Morgan fingerprint density at radius 3 is 2.69 bits per heavy atom. The molecular weight excluding hydrogens is 424 g/mol. The number of fused-ring (bicyclic) bond motifs is 1. The Kier molecular flexibility index (Phi) is 5.00. The molecule has 9 heteroatoms. The number of amides is 1. The molecule has 32 heavy (non-hydrogen) atoms. The van der Waals surface area contributed by atoms with Crippen molar-refractivity contribution in [3.05, 3.63) is 59.2 Å². The summed E-state index contributed by atoms with van der Waals surface area (Å²) in [7, 11) is 0. The lowest BCUT2D eigenvalue weighted by molar-refractivity contribution is -0.126. The first kappa shape index (κ1) is 20.7. The van der Waals surface area contributed by atoms with Gasteiger partial charge in [-0.3, -0.25) is 4.79 Å². The molecule has 3 aliphatic rings. The van der Waals surface area contributed by atoms with Crippen molar-refractivity contribution in [2.24, 2.45) is 5.92 Å². The fourth-order valence-corrected chi connectivity index (χ4v) is 4.50. The number of carbonyl (C=O) groups is 2. The standard InChI is InChI=1S/C23H21F2NO6/c24-23(25)19(13-4-5-16-18(9-13)32-11-31-16)20(23)21(27)26-15-6-7-30-17(10-15)12-2-1-3-14(8-12)22(28)29/h1-5,8-9,15,17,19-20H,6-7,10-11H2,(H,26,27)(H,28,29). The summed E-state index contributed by atoms with van der Waals surface area (Å²) in [5, 5.41) is 11.9. The van der Waals surface area contributed by atoms with Crippen molar-refractivity contribution in [1.82, 2.24) is 5.32 Å². The third kappa shape index (κ3) is 3.66. The number of hydrogen-bond donors (Lipinski definition) is 2. The fourth-order valence-electron chi connectivity index (χ4n) is 4.50. The first-order valence-corrected chi connectivity index (χ1v) is 10.4. The summed E-state index contributed by atoms with van der Waals surface area (Å²) in [4.78, 5) is 23.9. The predicted molar refractivity (Wildman–Crippen MR) is 107 cm³/mol. The zero-order chi connectivity index (χ0) is 22.5. The lowest BCUT2D eigenvalue weighted by atomic mass is 9.96. The van der Waals surface area contributed by atoms with Crippen LogP contribution >= 0.6 is 0 Å². The van der Waals surface area contributed by atoms with Crippen molar-refractivity contribution in [3.8, 4) is 11.5 Å². The van der Waals surface area contributed by atoms with Crippen LogP contribution in [0.3, 0.4) is 0 Å². The third-order valence-electron chi connectivity index (χ3n) is 6.23. The molecule has 4 atom stereocenters. The Balaban J connectivity index is 1.26. The average Bonchev–Trinajstić information content (AvgIpc) is 3.11. The maximum Gasteiger partial charge on any atom is 0.335 e. The molecule has 2 aromatic rings. The van der Waals surface area contributed by atoms with Gasteiger partial charge in [-0.05, 0) is 48.2 Å². The summed E-state index contributed by atoms with van der Waals surface area (Å²) in [6.45, 7) is 0.379. The van der Waals surface area contributed by atoms with Gasteiger partial charge >= 0.3 is 5.97 Å². The minimum atomic E-state index is -3.14. The zero-order valence-electron chi connectivity index (χ0n) is 16.9. The molecule has 2 fully saturated rings. The van der Waals surface area contributed by atoms with Gasteiger partial charge in [-0.2, -0.15) is 0 Å². The van der Waals surface area contributed by atoms with Crippen LogP contribution in [0, 0.1) is 5.92 Å². The molecule has 2 heterocycles. The van der Waals surface area contributed by atoms with Crippen LogP contribution < -0.4 is 14.8 Å². The molecule has 1 aliphatic carbocycles. The number of rotatable bonds is 5. The van der Waals surface area contributed by atoms with Gasteiger partial charge in [0.05, 0.1) is 17.6 Å². The van der Waals surface area contributed by atoms with Gasteiger partial charge in [0.2, 0.25) is 12.7 Å². The lowest BCUT2D eigenvalue weighted by Gasteiger charge is -2.30. The zero-order valence-corrected chi connectivity index (χ0v) is 16.9. The molecule has 7 nitrogen and oxygen atoms in total. The molecule has 1 amide bonds. The van der Waals surface area contributed by atoms with Gasteiger partial charge < -0.3 is 24.6 Å². The van der Waals surface area contributed by atoms with Crippen LogP contribution in [0.1, 0.15) is 46.3 Å². The number of aromatic carboxylic acids is 1. The Morgan fingerprint density at radius 2 is 1.88 bits per heavy atom. The molecule has 5 rings (SSSR count). The Hall–Kier alpha value is -3.20. The van der Waals surface area contributed by atoms with E-state index >= 15 is 0 Å². The van der Waals surface area contributed by atoms with Gasteiger partial charge in [0.25, 0.3) is 5.92 Å². The highest BCUT2D eigenvalue weighted by atomic mass is 19.3. The van der Waals surface area contributed by atoms with Crippen LogP contribution in [-0.4, -0.2) is 42.3 Å². The van der Waals surface area contributed by atoms with Crippen LogP contribution in [0.15, 0.2) is 42.5 Å². The maximum absolute atomic E-state index is 14.6. The molecule has 0 spiro atoms. The van der Waals surface area contributed by atoms with Crippen LogP contribution in [0.5, 0.6) is 11.5 Å². The van der Waals surface area contributed by atoms with Gasteiger partial charge in [-0.15, -0.1) is 0 Å². The second kappa shape index (κ2) is 7.74. The van der Waals surface area contributed by atoms with E-state index in [0.717, 1.165) is 0 Å². The van der Waals surface area contributed by atoms with Crippen molar-refractivity contribution >= 4 is 11.9 Å². The van der Waals surface area contributed by atoms with Gasteiger partial charge in [-0.25, -0.2) is 13.6 Å². The number of halogens is 2. The molecule has 0 bridgehead atoms. The molecule has 1 saturated carbocycles. The highest BCUT2D eigenvalue weighted by molar-refractivity contribution is 5.87. The van der Waals surface area contributed by atoms with Gasteiger partial charge in [0.1, 0.15) is 5.92 Å². The van der Waals surface area contributed by atoms with E-state index in [-0.39, 0.29) is 18.4 Å². The Morgan fingerprint density at radius 1 is 1.06 bits per heavy atom. The van der Waals surface area contributed by atoms with Crippen molar-refractivity contribution in [1.29, 1.82) is 0 Å². The maximum atomic E-state index is 14.6. The lowest BCUT2D eigenvalue weighted by Crippen LogP contribution is -2.41. The number of alkyl halides is 2. The summed E-state index contributed by atoms with van der Waals surface area (Å²) in [5.41, 5.74) is 1.16. The number of ether oxygens (including phenoxy) is 3. The van der Waals surface area contributed by atoms with Crippen LogP contribution in [0.4, 0.5) is 8.78 Å². The number of carboxylic acid groups (broad SMARTS) is 1. The molecule has 2 N–H and O–H groups in total. The summed E-state index contributed by atoms with van der Waals surface area (Å²) in [6.07, 6.45) is 0.452. The van der Waals surface area contributed by atoms with Gasteiger partial charge in [-0.1, -0.05) is 18.2 Å². The van der Waals surface area contributed by atoms with E-state index in [4.69, 9.17) is 14.2 Å². The largest absolute Gasteiger partial charge is 0.478 e. The van der Waals surface area contributed by atoms with Crippen molar-refractivity contribution in [3.63, 3.8) is 0 Å². The number of carbonyl (C=O) groups excluding carboxylic acids is 1. The fraction of sp³-hybridized carbons (Fsp3) is 0.391. The molecule has 4 unspecified atom stereocenters. The smallest absolute Gasteiger partial charge is 0.335 e. The minimum absolute atomic E-state index is 0.0457. The monoisotopic (exact) mass is 445 g/mol. The number of carboxylic acids is 1. The molecule has 0 radical (unpaired) electrons. The van der Waals surface area contributed by atoms with E-state index in [0.29, 0.717) is 42.1 Å². The van der Waals surface area contributed by atoms with Crippen molar-refractivity contribution in [2.75, 3.05) is 13.4 Å². The molecule has 0 aromatic heterocycles. The highest BCUT2D eigenvalue weighted by Crippen LogP contribution is 2.62.